The van der Waals surface area contributed by atoms with Crippen LogP contribution in [0.3, 0.4) is 0 Å². The lowest BCUT2D eigenvalue weighted by Crippen LogP contribution is -2.37. The van der Waals surface area contributed by atoms with Crippen LogP contribution in [0.1, 0.15) is 42.1 Å². The summed E-state index contributed by atoms with van der Waals surface area (Å²) in [6, 6.07) is 13.8. The molecule has 0 bridgehead atoms. The number of carbonyl (C=O) groups excluding carboxylic acids is 1. The van der Waals surface area contributed by atoms with Gasteiger partial charge in [-0.2, -0.15) is 5.26 Å². The van der Waals surface area contributed by atoms with E-state index in [2.05, 4.69) is 17.1 Å². The maximum absolute atomic E-state index is 13.9. The van der Waals surface area contributed by atoms with Crippen LogP contribution >= 0.6 is 0 Å². The highest BCUT2D eigenvalue weighted by atomic mass is 19.1. The van der Waals surface area contributed by atoms with Gasteiger partial charge < -0.3 is 10.2 Å². The van der Waals surface area contributed by atoms with Gasteiger partial charge in [0.25, 0.3) is 5.91 Å². The van der Waals surface area contributed by atoms with Gasteiger partial charge >= 0.3 is 0 Å². The minimum absolute atomic E-state index is 0.0762. The number of amides is 1. The summed E-state index contributed by atoms with van der Waals surface area (Å²) in [5, 5.41) is 11.5. The molecule has 0 aliphatic carbocycles. The van der Waals surface area contributed by atoms with Gasteiger partial charge in [0, 0.05) is 24.0 Å². The van der Waals surface area contributed by atoms with Gasteiger partial charge in [-0.3, -0.25) is 4.79 Å². The van der Waals surface area contributed by atoms with Crippen LogP contribution in [-0.4, -0.2) is 18.5 Å². The SMILES string of the molecule is CC1CCCCN1c1ccc(NC(=O)c2ccc(C#N)cc2F)cc1. The molecule has 5 heteroatoms. The van der Waals surface area contributed by atoms with Gasteiger partial charge in [-0.05, 0) is 68.7 Å². The van der Waals surface area contributed by atoms with E-state index in [1.807, 2.05) is 30.3 Å². The molecule has 0 saturated carbocycles. The number of carbonyl (C=O) groups is 1. The van der Waals surface area contributed by atoms with Crippen molar-refractivity contribution in [3.05, 3.63) is 59.4 Å². The highest BCUT2D eigenvalue weighted by molar-refractivity contribution is 6.04. The Morgan fingerprint density at radius 2 is 2.00 bits per heavy atom. The summed E-state index contributed by atoms with van der Waals surface area (Å²) in [5.41, 5.74) is 1.86. The van der Waals surface area contributed by atoms with E-state index < -0.39 is 11.7 Å². The van der Waals surface area contributed by atoms with E-state index in [1.54, 1.807) is 0 Å². The normalized spacial score (nSPS) is 17.0. The molecular formula is C20H20FN3O. The quantitative estimate of drug-likeness (QED) is 0.907. The molecule has 128 valence electrons. The molecule has 4 nitrogen and oxygen atoms in total. The summed E-state index contributed by atoms with van der Waals surface area (Å²) in [5.74, 6) is -1.23. The van der Waals surface area contributed by atoms with Crippen LogP contribution in [0.4, 0.5) is 15.8 Å². The number of hydrogen-bond donors (Lipinski definition) is 1. The standard InChI is InChI=1S/C20H20FN3O/c1-14-4-2-3-11-24(14)17-8-6-16(7-9-17)23-20(25)18-10-5-15(13-22)12-19(18)21/h5-10,12,14H,2-4,11H2,1H3,(H,23,25). The van der Waals surface area contributed by atoms with Crippen molar-refractivity contribution in [1.82, 2.24) is 0 Å². The lowest BCUT2D eigenvalue weighted by molar-refractivity contribution is 0.102. The van der Waals surface area contributed by atoms with Crippen LogP contribution in [0.5, 0.6) is 0 Å². The van der Waals surface area contributed by atoms with E-state index in [1.165, 1.54) is 31.4 Å². The van der Waals surface area contributed by atoms with Crippen LogP contribution < -0.4 is 10.2 Å². The van der Waals surface area contributed by atoms with Crippen molar-refractivity contribution in [2.24, 2.45) is 0 Å². The first kappa shape index (κ1) is 17.0. The van der Waals surface area contributed by atoms with Crippen molar-refractivity contribution in [2.45, 2.75) is 32.2 Å². The molecule has 1 heterocycles. The molecule has 1 unspecified atom stereocenters. The third-order valence-electron chi connectivity index (χ3n) is 4.60. The second-order valence-corrected chi connectivity index (χ2v) is 6.35. The number of nitrogens with one attached hydrogen (secondary N) is 1. The number of hydrogen-bond acceptors (Lipinski definition) is 3. The average Bonchev–Trinajstić information content (AvgIpc) is 2.62. The van der Waals surface area contributed by atoms with Gasteiger partial charge in [0.05, 0.1) is 17.2 Å². The lowest BCUT2D eigenvalue weighted by atomic mass is 10.0. The van der Waals surface area contributed by atoms with E-state index in [9.17, 15) is 9.18 Å². The number of halogens is 1. The van der Waals surface area contributed by atoms with Crippen LogP contribution in [0.2, 0.25) is 0 Å². The smallest absolute Gasteiger partial charge is 0.258 e. The first-order chi connectivity index (χ1) is 12.1. The summed E-state index contributed by atoms with van der Waals surface area (Å²) in [6.45, 7) is 3.27. The predicted molar refractivity (Wildman–Crippen MR) is 96.2 cm³/mol. The topological polar surface area (TPSA) is 56.1 Å². The molecule has 1 aliphatic rings. The summed E-state index contributed by atoms with van der Waals surface area (Å²) in [7, 11) is 0. The molecule has 2 aromatic rings. The third kappa shape index (κ3) is 3.80. The monoisotopic (exact) mass is 337 g/mol. The minimum atomic E-state index is -0.699. The fourth-order valence-corrected chi connectivity index (χ4v) is 3.19. The highest BCUT2D eigenvalue weighted by Crippen LogP contribution is 2.26. The van der Waals surface area contributed by atoms with Gasteiger partial charge in [-0.15, -0.1) is 0 Å². The zero-order valence-corrected chi connectivity index (χ0v) is 14.1. The molecule has 1 atom stereocenters. The number of nitriles is 1. The van der Waals surface area contributed by atoms with Crippen molar-refractivity contribution < 1.29 is 9.18 Å². The van der Waals surface area contributed by atoms with Crippen LogP contribution in [0.15, 0.2) is 42.5 Å². The molecule has 0 spiro atoms. The second kappa shape index (κ2) is 7.35. The van der Waals surface area contributed by atoms with Gasteiger partial charge in [0.1, 0.15) is 5.82 Å². The van der Waals surface area contributed by atoms with Crippen molar-refractivity contribution in [1.29, 1.82) is 5.26 Å². The van der Waals surface area contributed by atoms with Crippen LogP contribution in [0.25, 0.3) is 0 Å². The Bertz CT molecular complexity index is 811. The number of rotatable bonds is 3. The molecule has 0 aromatic heterocycles. The van der Waals surface area contributed by atoms with Crippen LogP contribution in [-0.2, 0) is 0 Å². The number of piperidine rings is 1. The minimum Gasteiger partial charge on any atom is -0.369 e. The zero-order valence-electron chi connectivity index (χ0n) is 14.1. The first-order valence-corrected chi connectivity index (χ1v) is 8.46. The van der Waals surface area contributed by atoms with Gasteiger partial charge in [0.2, 0.25) is 0 Å². The molecule has 0 radical (unpaired) electrons. The fourth-order valence-electron chi connectivity index (χ4n) is 3.19. The molecule has 1 N–H and O–H groups in total. The van der Waals surface area contributed by atoms with Crippen molar-refractivity contribution in [2.75, 3.05) is 16.8 Å². The zero-order chi connectivity index (χ0) is 17.8. The predicted octanol–water partition coefficient (Wildman–Crippen LogP) is 4.33. The Morgan fingerprint density at radius 3 is 2.64 bits per heavy atom. The molecule has 3 rings (SSSR count). The molecule has 1 fully saturated rings. The van der Waals surface area contributed by atoms with Crippen molar-refractivity contribution >= 4 is 17.3 Å². The van der Waals surface area contributed by atoms with E-state index >= 15 is 0 Å². The Labute approximate surface area is 146 Å². The van der Waals surface area contributed by atoms with E-state index in [4.69, 9.17) is 5.26 Å². The number of benzene rings is 2. The van der Waals surface area contributed by atoms with E-state index in [-0.39, 0.29) is 11.1 Å². The molecule has 25 heavy (non-hydrogen) atoms. The molecule has 1 aliphatic heterocycles. The van der Waals surface area contributed by atoms with E-state index in [0.29, 0.717) is 11.7 Å². The van der Waals surface area contributed by atoms with Gasteiger partial charge in [-0.25, -0.2) is 4.39 Å². The lowest BCUT2D eigenvalue weighted by Gasteiger charge is -2.35. The molecule has 1 saturated heterocycles. The number of anilines is 2. The summed E-state index contributed by atoms with van der Waals surface area (Å²) in [4.78, 5) is 14.6. The maximum Gasteiger partial charge on any atom is 0.258 e. The molecule has 2 aromatic carbocycles. The largest absolute Gasteiger partial charge is 0.369 e. The highest BCUT2D eigenvalue weighted by Gasteiger charge is 2.18. The summed E-state index contributed by atoms with van der Waals surface area (Å²) >= 11 is 0. The van der Waals surface area contributed by atoms with Gasteiger partial charge in [-0.1, -0.05) is 0 Å². The van der Waals surface area contributed by atoms with E-state index in [0.717, 1.165) is 18.3 Å². The van der Waals surface area contributed by atoms with Gasteiger partial charge in [0.15, 0.2) is 0 Å². The summed E-state index contributed by atoms with van der Waals surface area (Å²) in [6.07, 6.45) is 3.65. The van der Waals surface area contributed by atoms with Crippen molar-refractivity contribution in [3.8, 4) is 6.07 Å². The van der Waals surface area contributed by atoms with Crippen LogP contribution in [0, 0.1) is 17.1 Å². The molecule has 1 amide bonds. The van der Waals surface area contributed by atoms with Crippen molar-refractivity contribution in [3.63, 3.8) is 0 Å². The number of nitrogens with zero attached hydrogens (tertiary/aromatic N) is 2. The maximum atomic E-state index is 13.9. The fraction of sp³-hybridized carbons (Fsp3) is 0.300. The molecular weight excluding hydrogens is 317 g/mol. The third-order valence-corrected chi connectivity index (χ3v) is 4.60. The second-order valence-electron chi connectivity index (χ2n) is 6.35. The summed E-state index contributed by atoms with van der Waals surface area (Å²) < 4.78 is 13.9. The Morgan fingerprint density at radius 1 is 1.24 bits per heavy atom. The Kier molecular flexibility index (Phi) is 4.99. The average molecular weight is 337 g/mol. The Balaban J connectivity index is 1.71. The first-order valence-electron chi connectivity index (χ1n) is 8.46. The Hall–Kier alpha value is -2.87.